The van der Waals surface area contributed by atoms with E-state index in [-0.39, 0.29) is 5.91 Å². The second kappa shape index (κ2) is 4.95. The largest absolute Gasteiger partial charge is 0.325 e. The van der Waals surface area contributed by atoms with Crippen molar-refractivity contribution in [3.8, 4) is 0 Å². The molecule has 18 heavy (non-hydrogen) atoms. The van der Waals surface area contributed by atoms with Gasteiger partial charge in [0.05, 0.1) is 11.8 Å². The summed E-state index contributed by atoms with van der Waals surface area (Å²) in [6.45, 7) is 3.20. The molecular formula is C11H17N3O3S. The third-order valence-corrected chi connectivity index (χ3v) is 2.64. The Labute approximate surface area is 107 Å². The van der Waals surface area contributed by atoms with Crippen LogP contribution < -0.4 is 15.8 Å². The van der Waals surface area contributed by atoms with Crippen molar-refractivity contribution in [2.45, 2.75) is 19.4 Å². The summed E-state index contributed by atoms with van der Waals surface area (Å²) in [5.41, 5.74) is 5.65. The Kier molecular flexibility index (Phi) is 3.98. The van der Waals surface area contributed by atoms with E-state index in [0.29, 0.717) is 11.4 Å². The number of nitrogens with two attached hydrogens (primary N) is 1. The van der Waals surface area contributed by atoms with E-state index in [2.05, 4.69) is 10.0 Å². The number of anilines is 2. The van der Waals surface area contributed by atoms with E-state index in [1.807, 2.05) is 0 Å². The van der Waals surface area contributed by atoms with Gasteiger partial charge in [-0.25, -0.2) is 8.42 Å². The quantitative estimate of drug-likeness (QED) is 0.751. The SMILES string of the molecule is CC(C)(N)C(=O)Nc1ccc(NS(C)(=O)=O)cc1. The number of amides is 1. The first kappa shape index (κ1) is 14.5. The van der Waals surface area contributed by atoms with Gasteiger partial charge < -0.3 is 11.1 Å². The third-order valence-electron chi connectivity index (χ3n) is 2.03. The molecule has 0 aliphatic carbocycles. The minimum Gasteiger partial charge on any atom is -0.325 e. The Balaban J connectivity index is 2.75. The number of benzene rings is 1. The predicted octanol–water partition coefficient (Wildman–Crippen LogP) is 0.734. The molecule has 0 radical (unpaired) electrons. The number of sulfonamides is 1. The lowest BCUT2D eigenvalue weighted by molar-refractivity contribution is -0.120. The van der Waals surface area contributed by atoms with Crippen molar-refractivity contribution in [3.63, 3.8) is 0 Å². The van der Waals surface area contributed by atoms with Gasteiger partial charge in [-0.15, -0.1) is 0 Å². The maximum atomic E-state index is 11.6. The minimum absolute atomic E-state index is 0.314. The van der Waals surface area contributed by atoms with Crippen LogP contribution in [0.1, 0.15) is 13.8 Å². The molecule has 7 heteroatoms. The van der Waals surface area contributed by atoms with E-state index in [1.165, 1.54) is 0 Å². The summed E-state index contributed by atoms with van der Waals surface area (Å²) in [6, 6.07) is 6.30. The molecule has 0 aliphatic heterocycles. The van der Waals surface area contributed by atoms with Crippen LogP contribution in [0.25, 0.3) is 0 Å². The standard InChI is InChI=1S/C11H17N3O3S/c1-11(2,12)10(15)13-8-4-6-9(7-5-8)14-18(3,16)17/h4-7,14H,12H2,1-3H3,(H,13,15). The lowest BCUT2D eigenvalue weighted by Crippen LogP contribution is -2.45. The molecule has 0 bridgehead atoms. The van der Waals surface area contributed by atoms with Crippen LogP contribution in [0.2, 0.25) is 0 Å². The molecule has 0 saturated carbocycles. The number of carbonyl (C=O) groups excluding carboxylic acids is 1. The fourth-order valence-corrected chi connectivity index (χ4v) is 1.69. The average molecular weight is 271 g/mol. The Hall–Kier alpha value is -1.60. The Morgan fingerprint density at radius 1 is 1.17 bits per heavy atom. The molecule has 6 nitrogen and oxygen atoms in total. The van der Waals surface area contributed by atoms with Crippen molar-refractivity contribution in [2.24, 2.45) is 5.73 Å². The molecule has 0 heterocycles. The molecule has 1 aromatic carbocycles. The highest BCUT2D eigenvalue weighted by atomic mass is 32.2. The van der Waals surface area contributed by atoms with Gasteiger partial charge in [0.15, 0.2) is 0 Å². The topological polar surface area (TPSA) is 101 Å². The molecule has 1 rings (SSSR count). The molecule has 0 fully saturated rings. The van der Waals surface area contributed by atoms with Crippen LogP contribution in [0.15, 0.2) is 24.3 Å². The van der Waals surface area contributed by atoms with Gasteiger partial charge in [-0.2, -0.15) is 0 Å². The van der Waals surface area contributed by atoms with Crippen LogP contribution in [0, 0.1) is 0 Å². The van der Waals surface area contributed by atoms with Crippen molar-refractivity contribution in [1.82, 2.24) is 0 Å². The first-order valence-electron chi connectivity index (χ1n) is 5.26. The molecule has 0 atom stereocenters. The van der Waals surface area contributed by atoms with Crippen LogP contribution in [0.4, 0.5) is 11.4 Å². The first-order valence-corrected chi connectivity index (χ1v) is 7.15. The average Bonchev–Trinajstić information content (AvgIpc) is 2.17. The lowest BCUT2D eigenvalue weighted by atomic mass is 10.1. The van der Waals surface area contributed by atoms with E-state index < -0.39 is 15.6 Å². The van der Waals surface area contributed by atoms with E-state index in [4.69, 9.17) is 5.73 Å². The van der Waals surface area contributed by atoms with E-state index in [1.54, 1.807) is 38.1 Å². The van der Waals surface area contributed by atoms with Gasteiger partial charge in [0, 0.05) is 11.4 Å². The smallest absolute Gasteiger partial charge is 0.243 e. The molecule has 100 valence electrons. The second-order valence-electron chi connectivity index (χ2n) is 4.63. The molecule has 1 amide bonds. The molecule has 1 aromatic rings. The highest BCUT2D eigenvalue weighted by Crippen LogP contribution is 2.15. The summed E-state index contributed by atoms with van der Waals surface area (Å²) >= 11 is 0. The van der Waals surface area contributed by atoms with Crippen LogP contribution in [0.5, 0.6) is 0 Å². The van der Waals surface area contributed by atoms with Crippen molar-refractivity contribution in [1.29, 1.82) is 0 Å². The summed E-state index contributed by atoms with van der Waals surface area (Å²) in [6.07, 6.45) is 1.07. The molecule has 4 N–H and O–H groups in total. The number of hydrogen-bond donors (Lipinski definition) is 3. The zero-order chi connectivity index (χ0) is 14.0. The predicted molar refractivity (Wildman–Crippen MR) is 71.8 cm³/mol. The summed E-state index contributed by atoms with van der Waals surface area (Å²) in [5.74, 6) is -0.314. The van der Waals surface area contributed by atoms with E-state index in [9.17, 15) is 13.2 Å². The highest BCUT2D eigenvalue weighted by Gasteiger charge is 2.21. The second-order valence-corrected chi connectivity index (χ2v) is 6.38. The lowest BCUT2D eigenvalue weighted by Gasteiger charge is -2.17. The van der Waals surface area contributed by atoms with Crippen molar-refractivity contribution in [3.05, 3.63) is 24.3 Å². The van der Waals surface area contributed by atoms with E-state index in [0.717, 1.165) is 6.26 Å². The van der Waals surface area contributed by atoms with E-state index >= 15 is 0 Å². The van der Waals surface area contributed by atoms with Crippen molar-refractivity contribution >= 4 is 27.3 Å². The van der Waals surface area contributed by atoms with Crippen LogP contribution in [-0.4, -0.2) is 26.1 Å². The van der Waals surface area contributed by atoms with Gasteiger partial charge >= 0.3 is 0 Å². The Morgan fingerprint density at radius 3 is 2.00 bits per heavy atom. The molecular weight excluding hydrogens is 254 g/mol. The molecule has 0 aliphatic rings. The van der Waals surface area contributed by atoms with Crippen LogP contribution in [-0.2, 0) is 14.8 Å². The zero-order valence-electron chi connectivity index (χ0n) is 10.5. The summed E-state index contributed by atoms with van der Waals surface area (Å²) in [4.78, 5) is 11.6. The van der Waals surface area contributed by atoms with Crippen LogP contribution >= 0.6 is 0 Å². The fourth-order valence-electron chi connectivity index (χ4n) is 1.13. The monoisotopic (exact) mass is 271 g/mol. The maximum Gasteiger partial charge on any atom is 0.243 e. The van der Waals surface area contributed by atoms with Gasteiger partial charge in [-0.3, -0.25) is 9.52 Å². The first-order chi connectivity index (χ1) is 8.08. The Morgan fingerprint density at radius 2 is 1.61 bits per heavy atom. The molecule has 0 aromatic heterocycles. The fraction of sp³-hybridized carbons (Fsp3) is 0.364. The normalized spacial score (nSPS) is 12.0. The van der Waals surface area contributed by atoms with Gasteiger partial charge in [-0.05, 0) is 38.1 Å². The molecule has 0 unspecified atom stereocenters. The van der Waals surface area contributed by atoms with Gasteiger partial charge in [0.2, 0.25) is 15.9 Å². The minimum atomic E-state index is -3.29. The van der Waals surface area contributed by atoms with Gasteiger partial charge in [0.1, 0.15) is 0 Å². The summed E-state index contributed by atoms with van der Waals surface area (Å²) < 4.78 is 24.3. The van der Waals surface area contributed by atoms with Crippen molar-refractivity contribution in [2.75, 3.05) is 16.3 Å². The number of carbonyl (C=O) groups is 1. The zero-order valence-corrected chi connectivity index (χ0v) is 11.3. The third kappa shape index (κ3) is 4.72. The van der Waals surface area contributed by atoms with Crippen LogP contribution in [0.3, 0.4) is 0 Å². The summed E-state index contributed by atoms with van der Waals surface area (Å²) in [5, 5.41) is 2.63. The van der Waals surface area contributed by atoms with Gasteiger partial charge in [-0.1, -0.05) is 0 Å². The molecule has 0 spiro atoms. The van der Waals surface area contributed by atoms with Gasteiger partial charge in [0.25, 0.3) is 0 Å². The molecule has 0 saturated heterocycles. The highest BCUT2D eigenvalue weighted by molar-refractivity contribution is 7.92. The Bertz CT molecular complexity index is 530. The maximum absolute atomic E-state index is 11.6. The number of rotatable bonds is 4. The number of nitrogens with one attached hydrogen (secondary N) is 2. The number of hydrogen-bond acceptors (Lipinski definition) is 4. The summed E-state index contributed by atoms with van der Waals surface area (Å²) in [7, 11) is -3.29. The van der Waals surface area contributed by atoms with Crippen molar-refractivity contribution < 1.29 is 13.2 Å².